The number of carbonyl (C=O) groups is 4. The molecular weight excluding hydrogens is 1130 g/mol. The standard InChI is InChI=1S/C44H57N10O19P3S2/c1-27(52-53-47)31-10-4-5-11-32(31)44(58)71-35-22-39(70-36(35)24-69-75(62,63)73-76(64,65)72-74(59,60)61)54-23-29(40-41(46)49-26-50-42(40)54)9-8-16-48-37(55)12-6-7-17-68-43(57)33-14-13-30(21-34(33)28(2)78-77-3)51-38(56)25-67-20-19-66-18-15-45/h4-5,10-11,13-14,21,23,26-28,35-36,39H,6-7,12,15-20,22,24-25,45H2,1-3H3,(H,48,55)(H,51,56)(H,62,63)(H,64,65)(H2,46,49,50)(H2,59,60,61)/t27?,28?,35?,36-,39-/m1/s1. The number of fused-ring (bicyclic) bond motifs is 1. The van der Waals surface area contributed by atoms with Gasteiger partial charge in [-0.1, -0.05) is 63.7 Å². The third-order valence-electron chi connectivity index (χ3n) is 10.8. The number of nitrogens with zero attached hydrogens (tertiary/aromatic N) is 6. The number of hydrogen-bond acceptors (Lipinski definition) is 22. The van der Waals surface area contributed by atoms with Gasteiger partial charge in [0, 0.05) is 41.4 Å². The molecule has 4 aromatic rings. The molecule has 34 heteroatoms. The van der Waals surface area contributed by atoms with Crippen molar-refractivity contribution in [3.8, 4) is 11.8 Å². The van der Waals surface area contributed by atoms with Crippen LogP contribution in [0.3, 0.4) is 0 Å². The zero-order valence-electron chi connectivity index (χ0n) is 42.0. The summed E-state index contributed by atoms with van der Waals surface area (Å²) in [7, 11) is -14.2. The minimum absolute atomic E-state index is 0.00256. The Labute approximate surface area is 454 Å². The fourth-order valence-electron chi connectivity index (χ4n) is 7.45. The number of nitrogen functional groups attached to an aromatic ring is 1. The van der Waals surface area contributed by atoms with Gasteiger partial charge in [0.25, 0.3) is 0 Å². The number of carbonyl (C=O) groups excluding carboxylic acids is 4. The molecular formula is C44H57N10O19P3S2. The zero-order chi connectivity index (χ0) is 57.0. The van der Waals surface area contributed by atoms with Gasteiger partial charge in [0.1, 0.15) is 42.8 Å². The first-order valence-corrected chi connectivity index (χ1v) is 30.5. The second-order valence-electron chi connectivity index (χ2n) is 16.5. The van der Waals surface area contributed by atoms with Crippen LogP contribution < -0.4 is 22.1 Å². The number of phosphoric acid groups is 3. The predicted octanol–water partition coefficient (Wildman–Crippen LogP) is 5.74. The number of unbranched alkanes of at least 4 members (excludes halogenated alkanes) is 1. The molecule has 78 heavy (non-hydrogen) atoms. The van der Waals surface area contributed by atoms with E-state index in [9.17, 15) is 42.7 Å². The number of aromatic nitrogens is 3. The van der Waals surface area contributed by atoms with Crippen LogP contribution in [0, 0.1) is 11.8 Å². The third-order valence-corrected chi connectivity index (χ3v) is 16.8. The maximum absolute atomic E-state index is 13.7. The highest BCUT2D eigenvalue weighted by Crippen LogP contribution is 2.66. The van der Waals surface area contributed by atoms with Gasteiger partial charge in [0.15, 0.2) is 0 Å². The van der Waals surface area contributed by atoms with Crippen molar-refractivity contribution in [3.05, 3.63) is 93.2 Å². The van der Waals surface area contributed by atoms with E-state index < -0.39 is 66.5 Å². The van der Waals surface area contributed by atoms with Gasteiger partial charge in [-0.3, -0.25) is 14.1 Å². The number of nitrogens with two attached hydrogens (primary N) is 2. The lowest BCUT2D eigenvalue weighted by Gasteiger charge is -2.21. The Bertz CT molecular complexity index is 3030. The van der Waals surface area contributed by atoms with Crippen LogP contribution in [0.2, 0.25) is 0 Å². The highest BCUT2D eigenvalue weighted by molar-refractivity contribution is 8.76. The fourth-order valence-corrected chi connectivity index (χ4v) is 12.2. The van der Waals surface area contributed by atoms with E-state index in [0.717, 1.165) is 6.33 Å². The lowest BCUT2D eigenvalue weighted by atomic mass is 10.0. The van der Waals surface area contributed by atoms with E-state index in [1.165, 1.54) is 57.5 Å². The molecule has 3 heterocycles. The molecule has 0 radical (unpaired) electrons. The molecule has 2 amide bonds. The molecule has 1 aliphatic heterocycles. The molecule has 1 saturated heterocycles. The number of nitrogens with one attached hydrogen (secondary N) is 2. The maximum Gasteiger partial charge on any atom is 0.490 e. The number of benzene rings is 2. The highest BCUT2D eigenvalue weighted by atomic mass is 33.1. The number of ether oxygens (including phenoxy) is 5. The second-order valence-corrected chi connectivity index (χ2v) is 23.7. The molecule has 5 unspecified atom stereocenters. The molecule has 10 N–H and O–H groups in total. The summed E-state index contributed by atoms with van der Waals surface area (Å²) in [5, 5.41) is 9.24. The van der Waals surface area contributed by atoms with Crippen molar-refractivity contribution < 1.29 is 89.3 Å². The molecule has 1 aliphatic rings. The molecule has 2 aromatic carbocycles. The van der Waals surface area contributed by atoms with E-state index in [4.69, 9.17) is 55.0 Å². The summed E-state index contributed by atoms with van der Waals surface area (Å²) in [6.07, 6.45) is 1.22. The average molecular weight is 1190 g/mol. The molecule has 5 rings (SSSR count). The van der Waals surface area contributed by atoms with Gasteiger partial charge in [0.2, 0.25) is 11.8 Å². The summed E-state index contributed by atoms with van der Waals surface area (Å²) in [5.74, 6) is 3.55. The van der Waals surface area contributed by atoms with Crippen LogP contribution in [0.15, 0.2) is 60.1 Å². The Morgan fingerprint density at radius 1 is 0.962 bits per heavy atom. The number of anilines is 2. The molecule has 0 aliphatic carbocycles. The lowest BCUT2D eigenvalue weighted by Crippen LogP contribution is -2.31. The topological polar surface area (TPSA) is 430 Å². The van der Waals surface area contributed by atoms with Gasteiger partial charge in [-0.05, 0) is 66.9 Å². The first kappa shape index (κ1) is 63.4. The van der Waals surface area contributed by atoms with Crippen LogP contribution in [0.5, 0.6) is 0 Å². The van der Waals surface area contributed by atoms with Crippen molar-refractivity contribution in [1.29, 1.82) is 0 Å². The van der Waals surface area contributed by atoms with Crippen LogP contribution in [0.4, 0.5) is 11.5 Å². The summed E-state index contributed by atoms with van der Waals surface area (Å²) >= 11 is 0. The molecule has 0 saturated carbocycles. The molecule has 0 bridgehead atoms. The molecule has 424 valence electrons. The minimum atomic E-state index is -5.89. The van der Waals surface area contributed by atoms with E-state index in [1.54, 1.807) is 24.3 Å². The van der Waals surface area contributed by atoms with Crippen molar-refractivity contribution in [1.82, 2.24) is 19.9 Å². The SMILES string of the molecule is CSSC(C)c1cc(NC(=O)COCCOCCN)ccc1C(=O)OCCCCC(=O)NCC#Cc1cn([C@H]2CC(OC(=O)c3ccccc3C(C)N=[N+]=[N-])[C@@H](COP(=O)(O)OP(=O)(O)OP(=O)(O)O)O2)c2ncnc(N)c12. The average Bonchev–Trinajstić information content (AvgIpc) is 3.96. The largest absolute Gasteiger partial charge is 0.490 e. The van der Waals surface area contributed by atoms with Crippen molar-refractivity contribution in [2.24, 2.45) is 10.8 Å². The van der Waals surface area contributed by atoms with Crippen molar-refractivity contribution >= 4 is 91.3 Å². The minimum Gasteiger partial charge on any atom is -0.462 e. The first-order chi connectivity index (χ1) is 37.0. The van der Waals surface area contributed by atoms with Crippen molar-refractivity contribution in [3.63, 3.8) is 0 Å². The van der Waals surface area contributed by atoms with Crippen LogP contribution >= 0.6 is 45.1 Å². The van der Waals surface area contributed by atoms with Gasteiger partial charge in [-0.15, -0.1) is 0 Å². The number of hydrogen-bond donors (Lipinski definition) is 8. The van der Waals surface area contributed by atoms with Crippen molar-refractivity contribution in [2.45, 2.75) is 69.3 Å². The molecule has 0 spiro atoms. The van der Waals surface area contributed by atoms with E-state index >= 15 is 0 Å². The zero-order valence-corrected chi connectivity index (χ0v) is 46.3. The quantitative estimate of drug-likeness (QED) is 0.00451. The summed E-state index contributed by atoms with van der Waals surface area (Å²) in [6, 6.07) is 10.1. The monoisotopic (exact) mass is 1190 g/mol. The molecule has 29 nitrogen and oxygen atoms in total. The fraction of sp³-hybridized carbons (Fsp3) is 0.455. The number of esters is 2. The lowest BCUT2D eigenvalue weighted by molar-refractivity contribution is -0.121. The number of phosphoric ester groups is 1. The van der Waals surface area contributed by atoms with E-state index in [-0.39, 0.29) is 84.2 Å². The summed E-state index contributed by atoms with van der Waals surface area (Å²) in [5.41, 5.74) is 22.9. The highest BCUT2D eigenvalue weighted by Gasteiger charge is 2.45. The predicted molar refractivity (Wildman–Crippen MR) is 283 cm³/mol. The summed E-state index contributed by atoms with van der Waals surface area (Å²) < 4.78 is 78.0. The van der Waals surface area contributed by atoms with Gasteiger partial charge >= 0.3 is 35.4 Å². The molecule has 7 atom stereocenters. The van der Waals surface area contributed by atoms with Crippen LogP contribution in [-0.4, -0.2) is 129 Å². The maximum atomic E-state index is 13.7. The van der Waals surface area contributed by atoms with Crippen LogP contribution in [0.25, 0.3) is 21.5 Å². The van der Waals surface area contributed by atoms with Gasteiger partial charge in [-0.2, -0.15) is 8.62 Å². The Balaban J connectivity index is 1.21. The smallest absolute Gasteiger partial charge is 0.462 e. The van der Waals surface area contributed by atoms with Gasteiger partial charge in [0.05, 0.1) is 67.7 Å². The Morgan fingerprint density at radius 2 is 1.71 bits per heavy atom. The molecule has 2 aromatic heterocycles. The third kappa shape index (κ3) is 19.7. The van der Waals surface area contributed by atoms with Gasteiger partial charge in [-0.25, -0.2) is 33.3 Å². The number of azide groups is 1. The molecule has 1 fully saturated rings. The number of amides is 2. The second kappa shape index (κ2) is 30.2. The van der Waals surface area contributed by atoms with E-state index in [0.29, 0.717) is 55.0 Å². The van der Waals surface area contributed by atoms with Gasteiger partial charge < -0.3 is 69.9 Å². The van der Waals surface area contributed by atoms with E-state index in [1.807, 2.05) is 13.2 Å². The summed E-state index contributed by atoms with van der Waals surface area (Å²) in [4.78, 5) is 101. The normalized spacial score (nSPS) is 17.6. The Morgan fingerprint density at radius 3 is 2.44 bits per heavy atom. The van der Waals surface area contributed by atoms with Crippen molar-refractivity contribution in [2.75, 3.05) is 70.0 Å². The summed E-state index contributed by atoms with van der Waals surface area (Å²) in [6.45, 7) is 3.50. The first-order valence-electron chi connectivity index (χ1n) is 23.4. The Hall–Kier alpha value is -5.44. The Kier molecular flexibility index (Phi) is 24.6. The van der Waals surface area contributed by atoms with E-state index in [2.05, 4.69) is 51.1 Å². The van der Waals surface area contributed by atoms with Crippen LogP contribution in [-0.2, 0) is 60.1 Å². The van der Waals surface area contributed by atoms with Crippen LogP contribution in [0.1, 0.15) is 94.5 Å². The number of rotatable bonds is 30.